The van der Waals surface area contributed by atoms with E-state index in [-0.39, 0.29) is 22.0 Å². The summed E-state index contributed by atoms with van der Waals surface area (Å²) in [5, 5.41) is 3.11. The van der Waals surface area contributed by atoms with Gasteiger partial charge in [-0.15, -0.1) is 0 Å². The van der Waals surface area contributed by atoms with Gasteiger partial charge in [0, 0.05) is 17.5 Å². The summed E-state index contributed by atoms with van der Waals surface area (Å²) in [5.41, 5.74) is 2.35. The maximum atomic E-state index is 12.9. The molecule has 1 aliphatic carbocycles. The molecule has 1 fully saturated rings. The van der Waals surface area contributed by atoms with Gasteiger partial charge in [0.05, 0.1) is 10.6 Å². The zero-order chi connectivity index (χ0) is 21.7. The summed E-state index contributed by atoms with van der Waals surface area (Å²) < 4.78 is 25.4. The van der Waals surface area contributed by atoms with E-state index in [0.717, 1.165) is 25.7 Å². The SMILES string of the molecule is O=C(NCC1(c2ccccc2)CCCC1)c1cccc(CS(=O)(=O)c2ccccc2)c1. The second kappa shape index (κ2) is 9.06. The molecule has 31 heavy (non-hydrogen) atoms. The Morgan fingerprint density at radius 1 is 0.839 bits per heavy atom. The van der Waals surface area contributed by atoms with Gasteiger partial charge in [-0.3, -0.25) is 4.79 Å². The van der Waals surface area contributed by atoms with Gasteiger partial charge in [0.1, 0.15) is 0 Å². The van der Waals surface area contributed by atoms with E-state index in [1.54, 1.807) is 54.6 Å². The van der Waals surface area contributed by atoms with Crippen LogP contribution >= 0.6 is 0 Å². The molecule has 3 aromatic rings. The van der Waals surface area contributed by atoms with E-state index in [1.165, 1.54) is 5.56 Å². The zero-order valence-corrected chi connectivity index (χ0v) is 18.3. The Morgan fingerprint density at radius 2 is 1.48 bits per heavy atom. The highest BCUT2D eigenvalue weighted by atomic mass is 32.2. The molecule has 0 aromatic heterocycles. The Bertz CT molecular complexity index is 1140. The van der Waals surface area contributed by atoms with Crippen LogP contribution in [0.15, 0.2) is 89.8 Å². The van der Waals surface area contributed by atoms with Crippen LogP contribution in [0.4, 0.5) is 0 Å². The van der Waals surface area contributed by atoms with Crippen LogP contribution in [0.1, 0.15) is 47.2 Å². The van der Waals surface area contributed by atoms with Gasteiger partial charge in [-0.1, -0.05) is 73.5 Å². The topological polar surface area (TPSA) is 63.2 Å². The molecule has 4 nitrogen and oxygen atoms in total. The highest BCUT2D eigenvalue weighted by Gasteiger charge is 2.35. The van der Waals surface area contributed by atoms with Crippen molar-refractivity contribution < 1.29 is 13.2 Å². The molecule has 5 heteroatoms. The van der Waals surface area contributed by atoms with E-state index in [4.69, 9.17) is 0 Å². The number of rotatable bonds is 7. The normalized spacial score (nSPS) is 15.5. The summed E-state index contributed by atoms with van der Waals surface area (Å²) in [6, 6.07) is 25.7. The van der Waals surface area contributed by atoms with Crippen LogP contribution in [-0.2, 0) is 21.0 Å². The van der Waals surface area contributed by atoms with Gasteiger partial charge >= 0.3 is 0 Å². The summed E-state index contributed by atoms with van der Waals surface area (Å²) in [4.78, 5) is 13.2. The van der Waals surface area contributed by atoms with Crippen molar-refractivity contribution in [1.29, 1.82) is 0 Å². The van der Waals surface area contributed by atoms with Crippen molar-refractivity contribution in [1.82, 2.24) is 5.32 Å². The Labute approximate surface area is 184 Å². The van der Waals surface area contributed by atoms with Crippen molar-refractivity contribution >= 4 is 15.7 Å². The third-order valence-electron chi connectivity index (χ3n) is 6.18. The third kappa shape index (κ3) is 4.88. The predicted molar refractivity (Wildman–Crippen MR) is 123 cm³/mol. The first-order chi connectivity index (χ1) is 15.0. The summed E-state index contributed by atoms with van der Waals surface area (Å²) in [6.45, 7) is 0.586. The lowest BCUT2D eigenvalue weighted by Gasteiger charge is -2.30. The van der Waals surface area contributed by atoms with E-state index in [1.807, 2.05) is 18.2 Å². The molecule has 1 N–H and O–H groups in total. The second-order valence-corrected chi connectivity index (χ2v) is 10.3. The molecular formula is C26H27NO3S. The van der Waals surface area contributed by atoms with Crippen LogP contribution < -0.4 is 5.32 Å². The van der Waals surface area contributed by atoms with E-state index in [2.05, 4.69) is 17.4 Å². The molecule has 0 aliphatic heterocycles. The minimum atomic E-state index is -3.46. The molecule has 0 unspecified atom stereocenters. The highest BCUT2D eigenvalue weighted by molar-refractivity contribution is 7.90. The molecule has 0 heterocycles. The number of carbonyl (C=O) groups is 1. The molecule has 0 spiro atoms. The van der Waals surface area contributed by atoms with Gasteiger partial charge in [-0.2, -0.15) is 0 Å². The minimum absolute atomic E-state index is 0.0226. The fraction of sp³-hybridized carbons (Fsp3) is 0.269. The van der Waals surface area contributed by atoms with Crippen LogP contribution in [-0.4, -0.2) is 20.9 Å². The Hall–Kier alpha value is -2.92. The first-order valence-corrected chi connectivity index (χ1v) is 12.3. The fourth-order valence-corrected chi connectivity index (χ4v) is 5.85. The molecular weight excluding hydrogens is 406 g/mol. The molecule has 3 aromatic carbocycles. The van der Waals surface area contributed by atoms with E-state index in [9.17, 15) is 13.2 Å². The monoisotopic (exact) mass is 433 g/mol. The van der Waals surface area contributed by atoms with Gasteiger partial charge < -0.3 is 5.32 Å². The molecule has 160 valence electrons. The molecule has 0 atom stereocenters. The summed E-state index contributed by atoms with van der Waals surface area (Å²) >= 11 is 0. The number of carbonyl (C=O) groups excluding carboxylic acids is 1. The molecule has 1 aliphatic rings. The lowest BCUT2D eigenvalue weighted by molar-refractivity contribution is 0.0943. The van der Waals surface area contributed by atoms with Gasteiger partial charge in [-0.05, 0) is 48.2 Å². The Kier molecular flexibility index (Phi) is 6.23. The lowest BCUT2D eigenvalue weighted by Crippen LogP contribution is -2.39. The Balaban J connectivity index is 1.47. The second-order valence-electron chi connectivity index (χ2n) is 8.31. The van der Waals surface area contributed by atoms with E-state index in [0.29, 0.717) is 17.7 Å². The van der Waals surface area contributed by atoms with Gasteiger partial charge in [0.15, 0.2) is 9.84 Å². The number of nitrogens with one attached hydrogen (secondary N) is 1. The summed E-state index contributed by atoms with van der Waals surface area (Å²) in [7, 11) is -3.46. The average molecular weight is 434 g/mol. The molecule has 0 bridgehead atoms. The van der Waals surface area contributed by atoms with Crippen LogP contribution in [0.5, 0.6) is 0 Å². The average Bonchev–Trinajstić information content (AvgIpc) is 3.29. The number of benzene rings is 3. The summed E-state index contributed by atoms with van der Waals surface area (Å²) in [5.74, 6) is -0.298. The predicted octanol–water partition coefficient (Wildman–Crippen LogP) is 4.90. The lowest BCUT2D eigenvalue weighted by atomic mass is 9.79. The van der Waals surface area contributed by atoms with Crippen molar-refractivity contribution in [3.8, 4) is 0 Å². The largest absolute Gasteiger partial charge is 0.351 e. The Morgan fingerprint density at radius 3 is 2.16 bits per heavy atom. The number of sulfone groups is 1. The van der Waals surface area contributed by atoms with Crippen LogP contribution in [0.25, 0.3) is 0 Å². The molecule has 1 amide bonds. The molecule has 4 rings (SSSR count). The summed E-state index contributed by atoms with van der Waals surface area (Å²) in [6.07, 6.45) is 4.45. The van der Waals surface area contributed by atoms with Crippen molar-refractivity contribution in [3.63, 3.8) is 0 Å². The van der Waals surface area contributed by atoms with Gasteiger partial charge in [0.2, 0.25) is 0 Å². The van der Waals surface area contributed by atoms with Crippen molar-refractivity contribution in [3.05, 3.63) is 102 Å². The zero-order valence-electron chi connectivity index (χ0n) is 17.5. The first kappa shape index (κ1) is 21.3. The van der Waals surface area contributed by atoms with Crippen molar-refractivity contribution in [2.75, 3.05) is 6.54 Å². The number of hydrogen-bond acceptors (Lipinski definition) is 3. The fourth-order valence-electron chi connectivity index (χ4n) is 4.50. The quantitative estimate of drug-likeness (QED) is 0.576. The maximum absolute atomic E-state index is 12.9. The molecule has 0 radical (unpaired) electrons. The molecule has 1 saturated carbocycles. The minimum Gasteiger partial charge on any atom is -0.351 e. The highest BCUT2D eigenvalue weighted by Crippen LogP contribution is 2.40. The van der Waals surface area contributed by atoms with E-state index >= 15 is 0 Å². The number of hydrogen-bond donors (Lipinski definition) is 1. The number of amides is 1. The van der Waals surface area contributed by atoms with Gasteiger partial charge in [0.25, 0.3) is 5.91 Å². The first-order valence-electron chi connectivity index (χ1n) is 10.7. The van der Waals surface area contributed by atoms with Crippen molar-refractivity contribution in [2.45, 2.75) is 41.7 Å². The van der Waals surface area contributed by atoms with Crippen LogP contribution in [0, 0.1) is 0 Å². The molecule has 0 saturated heterocycles. The smallest absolute Gasteiger partial charge is 0.251 e. The van der Waals surface area contributed by atoms with E-state index < -0.39 is 9.84 Å². The third-order valence-corrected chi connectivity index (χ3v) is 7.89. The maximum Gasteiger partial charge on any atom is 0.251 e. The van der Waals surface area contributed by atoms with Crippen molar-refractivity contribution in [2.24, 2.45) is 0 Å². The van der Waals surface area contributed by atoms with Gasteiger partial charge in [-0.25, -0.2) is 8.42 Å². The van der Waals surface area contributed by atoms with Crippen LogP contribution in [0.2, 0.25) is 0 Å². The van der Waals surface area contributed by atoms with Crippen LogP contribution in [0.3, 0.4) is 0 Å². The standard InChI is InChI=1S/C26H27NO3S/c28-25(27-20-26(16-7-8-17-26)23-12-3-1-4-13-23)22-11-9-10-21(18-22)19-31(29,30)24-14-5-2-6-15-24/h1-6,9-15,18H,7-8,16-17,19-20H2,(H,27,28).